The summed E-state index contributed by atoms with van der Waals surface area (Å²) in [4.78, 5) is 0. The third-order valence-corrected chi connectivity index (χ3v) is 3.85. The first-order valence-corrected chi connectivity index (χ1v) is 7.95. The normalized spacial score (nSPS) is 13.2. The molecule has 0 bridgehead atoms. The lowest BCUT2D eigenvalue weighted by molar-refractivity contribution is -0.0233. The van der Waals surface area contributed by atoms with Crippen LogP contribution in [0.15, 0.2) is 24.3 Å². The Morgan fingerprint density at radius 2 is 1.70 bits per heavy atom. The van der Waals surface area contributed by atoms with Crippen LogP contribution >= 0.6 is 0 Å². The van der Waals surface area contributed by atoms with Crippen molar-refractivity contribution < 1.29 is 9.84 Å². The Labute approximate surface area is 124 Å². The van der Waals surface area contributed by atoms with Gasteiger partial charge in [-0.25, -0.2) is 0 Å². The molecule has 0 saturated heterocycles. The van der Waals surface area contributed by atoms with E-state index in [0.717, 1.165) is 12.2 Å². The van der Waals surface area contributed by atoms with E-state index in [1.807, 2.05) is 19.1 Å². The highest BCUT2D eigenvalue weighted by molar-refractivity contribution is 5.31. The highest BCUT2D eigenvalue weighted by Gasteiger charge is 2.19. The molecule has 1 unspecified atom stereocenters. The predicted molar refractivity (Wildman–Crippen MR) is 85.2 cm³/mol. The Morgan fingerprint density at radius 3 is 2.25 bits per heavy atom. The first-order valence-electron chi connectivity index (χ1n) is 7.95. The van der Waals surface area contributed by atoms with Crippen LogP contribution in [0, 0.1) is 0 Å². The summed E-state index contributed by atoms with van der Waals surface area (Å²) < 4.78 is 5.48. The highest BCUT2D eigenvalue weighted by Crippen LogP contribution is 2.30. The fourth-order valence-electron chi connectivity index (χ4n) is 2.41. The average molecular weight is 278 g/mol. The van der Waals surface area contributed by atoms with Gasteiger partial charge in [0, 0.05) is 6.42 Å². The molecule has 0 fully saturated rings. The van der Waals surface area contributed by atoms with Gasteiger partial charge in [-0.1, -0.05) is 65.5 Å². The topological polar surface area (TPSA) is 29.5 Å². The Bertz CT molecular complexity index is 368. The molecular formula is C18H30O2. The Kier molecular flexibility index (Phi) is 7.08. The van der Waals surface area contributed by atoms with E-state index < -0.39 is 6.29 Å². The van der Waals surface area contributed by atoms with Crippen molar-refractivity contribution in [1.82, 2.24) is 0 Å². The number of hydrogen-bond acceptors (Lipinski definition) is 2. The molecule has 1 atom stereocenters. The van der Waals surface area contributed by atoms with Gasteiger partial charge in [0.15, 0.2) is 6.29 Å². The van der Waals surface area contributed by atoms with Crippen molar-refractivity contribution in [2.45, 2.75) is 77.9 Å². The number of benzene rings is 1. The van der Waals surface area contributed by atoms with Crippen molar-refractivity contribution in [2.75, 3.05) is 0 Å². The van der Waals surface area contributed by atoms with Crippen molar-refractivity contribution in [2.24, 2.45) is 0 Å². The molecule has 20 heavy (non-hydrogen) atoms. The monoisotopic (exact) mass is 278 g/mol. The van der Waals surface area contributed by atoms with E-state index in [4.69, 9.17) is 4.74 Å². The van der Waals surface area contributed by atoms with E-state index >= 15 is 0 Å². The van der Waals surface area contributed by atoms with E-state index in [2.05, 4.69) is 32.9 Å². The predicted octanol–water partition coefficient (Wildman–Crippen LogP) is 5.04. The van der Waals surface area contributed by atoms with Crippen LogP contribution in [-0.4, -0.2) is 11.4 Å². The molecule has 1 rings (SSSR count). The molecule has 0 aliphatic carbocycles. The molecule has 114 valence electrons. The van der Waals surface area contributed by atoms with Crippen molar-refractivity contribution in [3.05, 3.63) is 29.8 Å². The van der Waals surface area contributed by atoms with Gasteiger partial charge in [-0.05, 0) is 29.5 Å². The quantitative estimate of drug-likeness (QED) is 0.506. The molecule has 0 heterocycles. The fourth-order valence-corrected chi connectivity index (χ4v) is 2.41. The van der Waals surface area contributed by atoms with E-state index in [1.54, 1.807) is 0 Å². The second kappa shape index (κ2) is 8.31. The first kappa shape index (κ1) is 17.0. The van der Waals surface area contributed by atoms with Gasteiger partial charge in [0.05, 0.1) is 0 Å². The first-order chi connectivity index (χ1) is 9.49. The molecule has 2 nitrogen and oxygen atoms in total. The summed E-state index contributed by atoms with van der Waals surface area (Å²) in [6, 6.07) is 8.19. The van der Waals surface area contributed by atoms with Gasteiger partial charge in [0.25, 0.3) is 0 Å². The third-order valence-electron chi connectivity index (χ3n) is 3.85. The van der Waals surface area contributed by atoms with Crippen LogP contribution in [-0.2, 0) is 5.41 Å². The molecule has 0 aliphatic heterocycles. The summed E-state index contributed by atoms with van der Waals surface area (Å²) in [5, 5.41) is 9.65. The summed E-state index contributed by atoms with van der Waals surface area (Å²) in [5.74, 6) is 0.749. The summed E-state index contributed by atoms with van der Waals surface area (Å²) in [6.07, 6.45) is 5.94. The zero-order chi connectivity index (χ0) is 15.0. The van der Waals surface area contributed by atoms with Crippen LogP contribution in [0.4, 0.5) is 0 Å². The minimum atomic E-state index is -0.691. The molecule has 0 aliphatic rings. The Balaban J connectivity index is 2.60. The van der Waals surface area contributed by atoms with Gasteiger partial charge in [-0.15, -0.1) is 0 Å². The number of aliphatic hydroxyl groups excluding tert-OH is 1. The van der Waals surface area contributed by atoms with Crippen LogP contribution < -0.4 is 4.74 Å². The minimum absolute atomic E-state index is 0.204. The maximum atomic E-state index is 9.65. The maximum Gasteiger partial charge on any atom is 0.197 e. The Hall–Kier alpha value is -1.02. The van der Waals surface area contributed by atoms with Crippen LogP contribution in [0.25, 0.3) is 0 Å². The number of aliphatic hydroxyl groups is 1. The largest absolute Gasteiger partial charge is 0.465 e. The van der Waals surface area contributed by atoms with Gasteiger partial charge < -0.3 is 9.84 Å². The number of hydrogen-bond donors (Lipinski definition) is 1. The van der Waals surface area contributed by atoms with E-state index in [1.165, 1.54) is 31.2 Å². The van der Waals surface area contributed by atoms with Crippen LogP contribution in [0.2, 0.25) is 0 Å². The van der Waals surface area contributed by atoms with Gasteiger partial charge in [0.1, 0.15) is 5.75 Å². The maximum absolute atomic E-state index is 9.65. The van der Waals surface area contributed by atoms with Crippen LogP contribution in [0.1, 0.15) is 71.8 Å². The lowest BCUT2D eigenvalue weighted by atomic mass is 9.80. The van der Waals surface area contributed by atoms with Crippen LogP contribution in [0.5, 0.6) is 5.75 Å². The summed E-state index contributed by atoms with van der Waals surface area (Å²) in [6.45, 7) is 8.87. The molecule has 1 N–H and O–H groups in total. The summed E-state index contributed by atoms with van der Waals surface area (Å²) >= 11 is 0. The third kappa shape index (κ3) is 5.54. The molecule has 0 spiro atoms. The lowest BCUT2D eigenvalue weighted by Crippen LogP contribution is -2.17. The molecule has 2 heteroatoms. The lowest BCUT2D eigenvalue weighted by Gasteiger charge is -2.25. The van der Waals surface area contributed by atoms with E-state index in [-0.39, 0.29) is 5.41 Å². The zero-order valence-corrected chi connectivity index (χ0v) is 13.5. The molecule has 1 aromatic rings. The molecule has 0 aromatic heterocycles. The second-order valence-corrected chi connectivity index (χ2v) is 6.23. The SMILES string of the molecule is CCCCCC(C)(C)c1ccc(OC(O)CCC)cc1. The Morgan fingerprint density at radius 1 is 1.05 bits per heavy atom. The highest BCUT2D eigenvalue weighted by atomic mass is 16.6. The number of ether oxygens (including phenoxy) is 1. The standard InChI is InChI=1S/C18H30O2/c1-5-7-8-14-18(3,4)15-10-12-16(13-11-15)20-17(19)9-6-2/h10-13,17,19H,5-9,14H2,1-4H3. The van der Waals surface area contributed by atoms with Crippen molar-refractivity contribution in [3.8, 4) is 5.75 Å². The molecule has 0 radical (unpaired) electrons. The minimum Gasteiger partial charge on any atom is -0.465 e. The van der Waals surface area contributed by atoms with Crippen molar-refractivity contribution >= 4 is 0 Å². The summed E-state index contributed by atoms with van der Waals surface area (Å²) in [5.41, 5.74) is 1.54. The molecule has 0 saturated carbocycles. The molecule has 0 amide bonds. The van der Waals surface area contributed by atoms with Gasteiger partial charge in [-0.2, -0.15) is 0 Å². The van der Waals surface area contributed by atoms with E-state index in [9.17, 15) is 5.11 Å². The smallest absolute Gasteiger partial charge is 0.197 e. The average Bonchev–Trinajstić information content (AvgIpc) is 2.39. The van der Waals surface area contributed by atoms with Gasteiger partial charge in [-0.3, -0.25) is 0 Å². The molecular weight excluding hydrogens is 248 g/mol. The molecule has 1 aromatic carbocycles. The summed E-state index contributed by atoms with van der Waals surface area (Å²) in [7, 11) is 0. The van der Waals surface area contributed by atoms with Crippen molar-refractivity contribution in [3.63, 3.8) is 0 Å². The zero-order valence-electron chi connectivity index (χ0n) is 13.5. The number of rotatable bonds is 9. The van der Waals surface area contributed by atoms with Gasteiger partial charge >= 0.3 is 0 Å². The van der Waals surface area contributed by atoms with E-state index in [0.29, 0.717) is 6.42 Å². The van der Waals surface area contributed by atoms with Crippen molar-refractivity contribution in [1.29, 1.82) is 0 Å². The second-order valence-electron chi connectivity index (χ2n) is 6.23. The fraction of sp³-hybridized carbons (Fsp3) is 0.667. The van der Waals surface area contributed by atoms with Crippen LogP contribution in [0.3, 0.4) is 0 Å². The van der Waals surface area contributed by atoms with Gasteiger partial charge in [0.2, 0.25) is 0 Å². The number of unbranched alkanes of at least 4 members (excludes halogenated alkanes) is 2.